The van der Waals surface area contributed by atoms with Crippen molar-refractivity contribution in [3.05, 3.63) is 35.5 Å². The van der Waals surface area contributed by atoms with Crippen LogP contribution in [0.4, 0.5) is 0 Å². The van der Waals surface area contributed by atoms with E-state index in [0.29, 0.717) is 6.42 Å². The van der Waals surface area contributed by atoms with Crippen molar-refractivity contribution in [1.82, 2.24) is 0 Å². The highest BCUT2D eigenvalue weighted by Crippen LogP contribution is 2.18. The van der Waals surface area contributed by atoms with Gasteiger partial charge in [-0.1, -0.05) is 29.9 Å². The standard InChI is InChI=1S/C12H14O3/c1-2-9-3-5-10(6-4-9)7-8-11(13)12(14)15/h2-3,5-6H,4,7-8H2,1H3,(H,14,15). The van der Waals surface area contributed by atoms with Crippen molar-refractivity contribution in [2.24, 2.45) is 0 Å². The summed E-state index contributed by atoms with van der Waals surface area (Å²) in [5.41, 5.74) is 2.28. The monoisotopic (exact) mass is 206 g/mol. The lowest BCUT2D eigenvalue weighted by Crippen LogP contribution is -2.12. The lowest BCUT2D eigenvalue weighted by molar-refractivity contribution is -0.149. The third-order valence-electron chi connectivity index (χ3n) is 2.36. The van der Waals surface area contributed by atoms with E-state index in [4.69, 9.17) is 5.11 Å². The maximum absolute atomic E-state index is 10.8. The van der Waals surface area contributed by atoms with Gasteiger partial charge in [0.1, 0.15) is 0 Å². The summed E-state index contributed by atoms with van der Waals surface area (Å²) in [4.78, 5) is 21.1. The number of hydrogen-bond donors (Lipinski definition) is 1. The molecular weight excluding hydrogens is 192 g/mol. The highest BCUT2D eigenvalue weighted by atomic mass is 16.4. The predicted octanol–water partition coefficient (Wildman–Crippen LogP) is 2.25. The highest BCUT2D eigenvalue weighted by molar-refractivity contribution is 6.32. The Kier molecular flexibility index (Phi) is 4.03. The van der Waals surface area contributed by atoms with E-state index < -0.39 is 11.8 Å². The number of aliphatic carboxylic acids is 1. The van der Waals surface area contributed by atoms with Crippen molar-refractivity contribution in [2.75, 3.05) is 0 Å². The second-order valence-corrected chi connectivity index (χ2v) is 3.41. The first-order chi connectivity index (χ1) is 7.13. The quantitative estimate of drug-likeness (QED) is 0.718. The molecule has 0 bridgehead atoms. The number of carbonyl (C=O) groups is 2. The van der Waals surface area contributed by atoms with Crippen LogP contribution in [0.5, 0.6) is 0 Å². The number of rotatable bonds is 4. The van der Waals surface area contributed by atoms with Gasteiger partial charge in [-0.2, -0.15) is 0 Å². The van der Waals surface area contributed by atoms with Gasteiger partial charge < -0.3 is 5.11 Å². The zero-order valence-electron chi connectivity index (χ0n) is 8.69. The number of carboxylic acids is 1. The molecule has 1 aliphatic rings. The molecule has 0 saturated heterocycles. The van der Waals surface area contributed by atoms with E-state index in [-0.39, 0.29) is 6.42 Å². The molecule has 0 radical (unpaired) electrons. The van der Waals surface area contributed by atoms with Crippen LogP contribution in [0.3, 0.4) is 0 Å². The van der Waals surface area contributed by atoms with Crippen LogP contribution in [0.15, 0.2) is 35.5 Å². The Labute approximate surface area is 88.8 Å². The van der Waals surface area contributed by atoms with Gasteiger partial charge in [0.2, 0.25) is 5.78 Å². The summed E-state index contributed by atoms with van der Waals surface area (Å²) in [5.74, 6) is -2.06. The zero-order valence-corrected chi connectivity index (χ0v) is 8.69. The van der Waals surface area contributed by atoms with Crippen LogP contribution < -0.4 is 0 Å². The van der Waals surface area contributed by atoms with Crippen LogP contribution in [-0.4, -0.2) is 16.9 Å². The lowest BCUT2D eigenvalue weighted by atomic mass is 9.98. The smallest absolute Gasteiger partial charge is 0.372 e. The molecule has 3 heteroatoms. The van der Waals surface area contributed by atoms with Gasteiger partial charge in [0.25, 0.3) is 0 Å². The van der Waals surface area contributed by atoms with E-state index in [9.17, 15) is 9.59 Å². The molecule has 80 valence electrons. The normalized spacial score (nSPS) is 17.7. The fourth-order valence-electron chi connectivity index (χ4n) is 1.36. The summed E-state index contributed by atoms with van der Waals surface area (Å²) in [6.07, 6.45) is 9.46. The molecule has 3 nitrogen and oxygen atoms in total. The lowest BCUT2D eigenvalue weighted by Gasteiger charge is -2.07. The minimum atomic E-state index is -1.34. The summed E-state index contributed by atoms with van der Waals surface area (Å²) in [6.45, 7) is 1.98. The van der Waals surface area contributed by atoms with Crippen LogP contribution in [0.25, 0.3) is 0 Å². The summed E-state index contributed by atoms with van der Waals surface area (Å²) >= 11 is 0. The zero-order chi connectivity index (χ0) is 11.3. The number of carbonyl (C=O) groups excluding carboxylic acids is 1. The van der Waals surface area contributed by atoms with Crippen molar-refractivity contribution in [3.8, 4) is 0 Å². The van der Waals surface area contributed by atoms with Crippen LogP contribution in [0.1, 0.15) is 26.2 Å². The Balaban J connectivity index is 2.43. The maximum Gasteiger partial charge on any atom is 0.372 e. The van der Waals surface area contributed by atoms with E-state index in [0.717, 1.165) is 12.0 Å². The van der Waals surface area contributed by atoms with Gasteiger partial charge in [-0.15, -0.1) is 0 Å². The first kappa shape index (κ1) is 11.4. The maximum atomic E-state index is 10.8. The van der Waals surface area contributed by atoms with E-state index in [1.165, 1.54) is 5.57 Å². The van der Waals surface area contributed by atoms with Gasteiger partial charge in [-0.05, 0) is 25.3 Å². The molecule has 0 aliphatic heterocycles. The predicted molar refractivity (Wildman–Crippen MR) is 57.5 cm³/mol. The van der Waals surface area contributed by atoms with Crippen LogP contribution in [-0.2, 0) is 9.59 Å². The van der Waals surface area contributed by atoms with Crippen molar-refractivity contribution >= 4 is 11.8 Å². The fourth-order valence-corrected chi connectivity index (χ4v) is 1.36. The largest absolute Gasteiger partial charge is 0.476 e. The summed E-state index contributed by atoms with van der Waals surface area (Å²) < 4.78 is 0. The molecule has 1 N–H and O–H groups in total. The van der Waals surface area contributed by atoms with E-state index in [2.05, 4.69) is 0 Å². The van der Waals surface area contributed by atoms with Gasteiger partial charge in [0, 0.05) is 6.42 Å². The molecule has 0 fully saturated rings. The summed E-state index contributed by atoms with van der Waals surface area (Å²) in [5, 5.41) is 8.40. The molecule has 0 atom stereocenters. The minimum Gasteiger partial charge on any atom is -0.476 e. The number of carboxylic acid groups (broad SMARTS) is 1. The van der Waals surface area contributed by atoms with Gasteiger partial charge in [-0.3, -0.25) is 4.79 Å². The number of ketones is 1. The molecule has 0 spiro atoms. The molecule has 0 unspecified atom stereocenters. The molecule has 0 aromatic carbocycles. The molecule has 0 heterocycles. The van der Waals surface area contributed by atoms with Crippen molar-refractivity contribution in [1.29, 1.82) is 0 Å². The summed E-state index contributed by atoms with van der Waals surface area (Å²) in [6, 6.07) is 0. The molecule has 1 rings (SSSR count). The van der Waals surface area contributed by atoms with Gasteiger partial charge in [-0.25, -0.2) is 4.79 Å². The third-order valence-corrected chi connectivity index (χ3v) is 2.36. The molecular formula is C12H14O3. The SMILES string of the molecule is CC=C1C=CC(CCC(=O)C(=O)O)=CC1. The Bertz CT molecular complexity index is 359. The van der Waals surface area contributed by atoms with Gasteiger partial charge in [0.15, 0.2) is 0 Å². The molecule has 1 aliphatic carbocycles. The van der Waals surface area contributed by atoms with Crippen molar-refractivity contribution < 1.29 is 14.7 Å². The fraction of sp³-hybridized carbons (Fsp3) is 0.333. The second kappa shape index (κ2) is 5.29. The Morgan fingerprint density at radius 3 is 2.67 bits per heavy atom. The second-order valence-electron chi connectivity index (χ2n) is 3.41. The Morgan fingerprint density at radius 1 is 1.47 bits per heavy atom. The first-order valence-corrected chi connectivity index (χ1v) is 4.92. The van der Waals surface area contributed by atoms with Gasteiger partial charge in [0.05, 0.1) is 0 Å². The first-order valence-electron chi connectivity index (χ1n) is 4.92. The van der Waals surface area contributed by atoms with Gasteiger partial charge >= 0.3 is 5.97 Å². The molecule has 0 aromatic rings. The van der Waals surface area contributed by atoms with Crippen LogP contribution >= 0.6 is 0 Å². The Morgan fingerprint density at radius 2 is 2.20 bits per heavy atom. The highest BCUT2D eigenvalue weighted by Gasteiger charge is 2.11. The average molecular weight is 206 g/mol. The van der Waals surface area contributed by atoms with E-state index in [1.54, 1.807) is 0 Å². The van der Waals surface area contributed by atoms with Crippen LogP contribution in [0, 0.1) is 0 Å². The summed E-state index contributed by atoms with van der Waals surface area (Å²) in [7, 11) is 0. The number of hydrogen-bond acceptors (Lipinski definition) is 2. The van der Waals surface area contributed by atoms with Crippen molar-refractivity contribution in [2.45, 2.75) is 26.2 Å². The van der Waals surface area contributed by atoms with E-state index >= 15 is 0 Å². The average Bonchev–Trinajstić information content (AvgIpc) is 2.26. The minimum absolute atomic E-state index is 0.0800. The topological polar surface area (TPSA) is 54.4 Å². The van der Waals surface area contributed by atoms with E-state index in [1.807, 2.05) is 31.2 Å². The molecule has 0 saturated carbocycles. The Hall–Kier alpha value is -1.64. The molecule has 0 amide bonds. The number of Topliss-reactive ketones (excluding diaryl/α,β-unsaturated/α-hetero) is 1. The third kappa shape index (κ3) is 3.54. The molecule has 0 aromatic heterocycles. The number of allylic oxidation sites excluding steroid dienone is 6. The van der Waals surface area contributed by atoms with Crippen molar-refractivity contribution in [3.63, 3.8) is 0 Å². The van der Waals surface area contributed by atoms with Crippen LogP contribution in [0.2, 0.25) is 0 Å². The molecule has 15 heavy (non-hydrogen) atoms.